The number of benzene rings is 1. The van der Waals surface area contributed by atoms with E-state index in [1.165, 1.54) is 0 Å². The minimum Gasteiger partial charge on any atom is -0.459 e. The molecule has 2 N–H and O–H groups in total. The van der Waals surface area contributed by atoms with E-state index in [9.17, 15) is 4.79 Å². The molecule has 4 nitrogen and oxygen atoms in total. The molecule has 1 saturated heterocycles. The van der Waals surface area contributed by atoms with Crippen LogP contribution in [0.5, 0.6) is 0 Å². The molecule has 0 aromatic heterocycles. The Balaban J connectivity index is 2.12. The fourth-order valence-electron chi connectivity index (χ4n) is 2.75. The van der Waals surface area contributed by atoms with Crippen molar-refractivity contribution in [2.24, 2.45) is 0 Å². The Labute approximate surface area is 120 Å². The van der Waals surface area contributed by atoms with Crippen molar-refractivity contribution in [3.05, 3.63) is 28.8 Å². The van der Waals surface area contributed by atoms with Gasteiger partial charge in [0.2, 0.25) is 0 Å². The Morgan fingerprint density at radius 2 is 1.85 bits per heavy atom. The SMILES string of the molecule is Cc1cc(N)cc(C(=O)OC2CC(C)OC(C)C2)c1C. The first-order chi connectivity index (χ1) is 9.36. The molecule has 4 heteroatoms. The maximum atomic E-state index is 12.3. The largest absolute Gasteiger partial charge is 0.459 e. The van der Waals surface area contributed by atoms with Crippen LogP contribution < -0.4 is 5.73 Å². The summed E-state index contributed by atoms with van der Waals surface area (Å²) >= 11 is 0. The molecule has 0 spiro atoms. The third-order valence-corrected chi connectivity index (χ3v) is 3.84. The molecule has 0 bridgehead atoms. The van der Waals surface area contributed by atoms with Gasteiger partial charge >= 0.3 is 5.97 Å². The van der Waals surface area contributed by atoms with Gasteiger partial charge in [-0.05, 0) is 51.0 Å². The molecule has 2 rings (SSSR count). The standard InChI is InChI=1S/C16H23NO3/c1-9-5-13(17)8-15(12(9)4)16(18)20-14-6-10(2)19-11(3)7-14/h5,8,10-11,14H,6-7,17H2,1-4H3. The molecule has 0 saturated carbocycles. The number of hydrogen-bond donors (Lipinski definition) is 1. The molecule has 1 heterocycles. The Kier molecular flexibility index (Phi) is 4.33. The number of esters is 1. The summed E-state index contributed by atoms with van der Waals surface area (Å²) in [4.78, 5) is 12.3. The van der Waals surface area contributed by atoms with E-state index in [4.69, 9.17) is 15.2 Å². The molecule has 110 valence electrons. The van der Waals surface area contributed by atoms with Gasteiger partial charge in [-0.1, -0.05) is 0 Å². The van der Waals surface area contributed by atoms with Gasteiger partial charge in [-0.3, -0.25) is 0 Å². The van der Waals surface area contributed by atoms with Crippen molar-refractivity contribution in [1.82, 2.24) is 0 Å². The minimum atomic E-state index is -0.288. The first-order valence-electron chi connectivity index (χ1n) is 7.10. The van der Waals surface area contributed by atoms with Crippen LogP contribution in [0.25, 0.3) is 0 Å². The zero-order chi connectivity index (χ0) is 14.9. The zero-order valence-corrected chi connectivity index (χ0v) is 12.6. The number of aryl methyl sites for hydroxylation is 1. The summed E-state index contributed by atoms with van der Waals surface area (Å²) in [5.74, 6) is -0.288. The van der Waals surface area contributed by atoms with E-state index >= 15 is 0 Å². The van der Waals surface area contributed by atoms with Gasteiger partial charge in [0.25, 0.3) is 0 Å². The van der Waals surface area contributed by atoms with E-state index in [0.29, 0.717) is 11.3 Å². The zero-order valence-electron chi connectivity index (χ0n) is 12.6. The molecule has 2 unspecified atom stereocenters. The summed E-state index contributed by atoms with van der Waals surface area (Å²) in [6.45, 7) is 7.88. The van der Waals surface area contributed by atoms with Crippen molar-refractivity contribution >= 4 is 11.7 Å². The normalized spacial score (nSPS) is 26.3. The number of nitrogen functional groups attached to an aromatic ring is 1. The Hall–Kier alpha value is -1.55. The molecule has 0 aliphatic carbocycles. The Morgan fingerprint density at radius 3 is 2.45 bits per heavy atom. The van der Waals surface area contributed by atoms with Crippen molar-refractivity contribution < 1.29 is 14.3 Å². The molecule has 20 heavy (non-hydrogen) atoms. The summed E-state index contributed by atoms with van der Waals surface area (Å²) in [7, 11) is 0. The molecule has 1 aromatic rings. The van der Waals surface area contributed by atoms with Crippen LogP contribution in [0, 0.1) is 13.8 Å². The molecular formula is C16H23NO3. The first-order valence-corrected chi connectivity index (χ1v) is 7.10. The molecule has 1 aliphatic rings. The number of carbonyl (C=O) groups is 1. The number of anilines is 1. The third-order valence-electron chi connectivity index (χ3n) is 3.84. The number of nitrogens with two attached hydrogens (primary N) is 1. The van der Waals surface area contributed by atoms with Gasteiger partial charge in [-0.25, -0.2) is 4.79 Å². The van der Waals surface area contributed by atoms with Crippen molar-refractivity contribution in [2.75, 3.05) is 5.73 Å². The van der Waals surface area contributed by atoms with Crippen LogP contribution in [-0.2, 0) is 9.47 Å². The summed E-state index contributed by atoms with van der Waals surface area (Å²) in [6, 6.07) is 3.56. The van der Waals surface area contributed by atoms with Gasteiger partial charge in [-0.15, -0.1) is 0 Å². The van der Waals surface area contributed by atoms with Crippen LogP contribution in [0.4, 0.5) is 5.69 Å². The molecular weight excluding hydrogens is 254 g/mol. The fourth-order valence-corrected chi connectivity index (χ4v) is 2.75. The number of ether oxygens (including phenoxy) is 2. The van der Waals surface area contributed by atoms with Crippen LogP contribution in [0.15, 0.2) is 12.1 Å². The second kappa shape index (κ2) is 5.83. The summed E-state index contributed by atoms with van der Waals surface area (Å²) in [5, 5.41) is 0. The smallest absolute Gasteiger partial charge is 0.338 e. The predicted octanol–water partition coefficient (Wildman–Crippen LogP) is 3.00. The van der Waals surface area contributed by atoms with E-state index in [1.807, 2.05) is 33.8 Å². The van der Waals surface area contributed by atoms with E-state index in [1.54, 1.807) is 6.07 Å². The highest BCUT2D eigenvalue weighted by Crippen LogP contribution is 2.24. The van der Waals surface area contributed by atoms with Gasteiger partial charge in [0.15, 0.2) is 0 Å². The maximum Gasteiger partial charge on any atom is 0.338 e. The summed E-state index contributed by atoms with van der Waals surface area (Å²) in [5.41, 5.74) is 8.90. The van der Waals surface area contributed by atoms with Crippen LogP contribution in [-0.4, -0.2) is 24.3 Å². The average molecular weight is 277 g/mol. The lowest BCUT2D eigenvalue weighted by molar-refractivity contribution is -0.0855. The summed E-state index contributed by atoms with van der Waals surface area (Å²) < 4.78 is 11.3. The second-order valence-corrected chi connectivity index (χ2v) is 5.77. The number of hydrogen-bond acceptors (Lipinski definition) is 4. The second-order valence-electron chi connectivity index (χ2n) is 5.77. The monoisotopic (exact) mass is 277 g/mol. The number of rotatable bonds is 2. The van der Waals surface area contributed by atoms with Crippen molar-refractivity contribution in [2.45, 2.75) is 58.8 Å². The Morgan fingerprint density at radius 1 is 1.25 bits per heavy atom. The molecule has 0 radical (unpaired) electrons. The number of carbonyl (C=O) groups excluding carboxylic acids is 1. The molecule has 0 amide bonds. The lowest BCUT2D eigenvalue weighted by Gasteiger charge is -2.31. The topological polar surface area (TPSA) is 61.6 Å². The van der Waals surface area contributed by atoms with Gasteiger partial charge < -0.3 is 15.2 Å². The lowest BCUT2D eigenvalue weighted by Crippen LogP contribution is -2.35. The fraction of sp³-hybridized carbons (Fsp3) is 0.562. The van der Waals surface area contributed by atoms with Crippen molar-refractivity contribution in [3.63, 3.8) is 0 Å². The molecule has 1 fully saturated rings. The molecule has 1 aromatic carbocycles. The van der Waals surface area contributed by atoms with Crippen molar-refractivity contribution in [1.29, 1.82) is 0 Å². The van der Waals surface area contributed by atoms with Crippen LogP contribution in [0.3, 0.4) is 0 Å². The van der Waals surface area contributed by atoms with Gasteiger partial charge in [-0.2, -0.15) is 0 Å². The highest BCUT2D eigenvalue weighted by Gasteiger charge is 2.28. The predicted molar refractivity (Wildman–Crippen MR) is 78.8 cm³/mol. The average Bonchev–Trinajstić information content (AvgIpc) is 2.32. The van der Waals surface area contributed by atoms with Crippen LogP contribution in [0.1, 0.15) is 48.2 Å². The summed E-state index contributed by atoms with van der Waals surface area (Å²) in [6.07, 6.45) is 1.66. The molecule has 1 aliphatic heterocycles. The van der Waals surface area contributed by atoms with E-state index in [-0.39, 0.29) is 24.3 Å². The van der Waals surface area contributed by atoms with Gasteiger partial charge in [0.05, 0.1) is 17.8 Å². The van der Waals surface area contributed by atoms with E-state index in [0.717, 1.165) is 24.0 Å². The highest BCUT2D eigenvalue weighted by molar-refractivity contribution is 5.92. The van der Waals surface area contributed by atoms with Gasteiger partial charge in [0, 0.05) is 18.5 Å². The first kappa shape index (κ1) is 14.9. The Bertz CT molecular complexity index is 503. The quantitative estimate of drug-likeness (QED) is 0.667. The van der Waals surface area contributed by atoms with Gasteiger partial charge in [0.1, 0.15) is 6.10 Å². The molecule has 2 atom stereocenters. The minimum absolute atomic E-state index is 0.0811. The van der Waals surface area contributed by atoms with Crippen LogP contribution in [0.2, 0.25) is 0 Å². The van der Waals surface area contributed by atoms with Crippen molar-refractivity contribution in [3.8, 4) is 0 Å². The maximum absolute atomic E-state index is 12.3. The van der Waals surface area contributed by atoms with E-state index in [2.05, 4.69) is 0 Å². The lowest BCUT2D eigenvalue weighted by atomic mass is 10.0. The third kappa shape index (κ3) is 3.31. The van der Waals surface area contributed by atoms with E-state index < -0.39 is 0 Å². The highest BCUT2D eigenvalue weighted by atomic mass is 16.6. The van der Waals surface area contributed by atoms with Crippen LogP contribution >= 0.6 is 0 Å².